The SMILES string of the molecule is COc1ccc(C(N)CN2C(=O)CN(C)C2=O)c(OC)c1. The lowest BCUT2D eigenvalue weighted by Gasteiger charge is -2.21. The first kappa shape index (κ1) is 15.1. The van der Waals surface area contributed by atoms with Crippen molar-refractivity contribution in [3.05, 3.63) is 23.8 Å². The quantitative estimate of drug-likeness (QED) is 0.803. The van der Waals surface area contributed by atoms with Crippen molar-refractivity contribution in [2.45, 2.75) is 6.04 Å². The van der Waals surface area contributed by atoms with E-state index in [-0.39, 0.29) is 25.0 Å². The molecule has 1 heterocycles. The molecule has 2 N–H and O–H groups in total. The molecule has 114 valence electrons. The smallest absolute Gasteiger partial charge is 0.327 e. The maximum atomic E-state index is 11.9. The summed E-state index contributed by atoms with van der Waals surface area (Å²) in [6, 6.07) is 4.40. The molecule has 1 aromatic carbocycles. The Kier molecular flexibility index (Phi) is 4.32. The van der Waals surface area contributed by atoms with Crippen LogP contribution in [0.4, 0.5) is 4.79 Å². The van der Waals surface area contributed by atoms with Gasteiger partial charge in [-0.3, -0.25) is 9.69 Å². The van der Waals surface area contributed by atoms with Crippen LogP contribution in [-0.4, -0.2) is 56.1 Å². The van der Waals surface area contributed by atoms with Gasteiger partial charge in [-0.05, 0) is 6.07 Å². The third-order valence-electron chi connectivity index (χ3n) is 3.45. The Morgan fingerprint density at radius 3 is 2.52 bits per heavy atom. The van der Waals surface area contributed by atoms with Gasteiger partial charge >= 0.3 is 6.03 Å². The highest BCUT2D eigenvalue weighted by Gasteiger charge is 2.34. The van der Waals surface area contributed by atoms with Gasteiger partial charge in [-0.25, -0.2) is 4.79 Å². The lowest BCUT2D eigenvalue weighted by Crippen LogP contribution is -2.37. The zero-order valence-corrected chi connectivity index (χ0v) is 12.3. The van der Waals surface area contributed by atoms with Gasteiger partial charge < -0.3 is 20.1 Å². The molecule has 7 nitrogen and oxygen atoms in total. The number of hydrogen-bond acceptors (Lipinski definition) is 5. The van der Waals surface area contributed by atoms with Crippen LogP contribution in [0.2, 0.25) is 0 Å². The fourth-order valence-corrected chi connectivity index (χ4v) is 2.27. The Hall–Kier alpha value is -2.28. The molecule has 0 radical (unpaired) electrons. The second kappa shape index (κ2) is 6.01. The van der Waals surface area contributed by atoms with E-state index in [1.807, 2.05) is 0 Å². The summed E-state index contributed by atoms with van der Waals surface area (Å²) in [7, 11) is 4.68. The van der Waals surface area contributed by atoms with E-state index < -0.39 is 6.04 Å². The molecule has 0 aliphatic carbocycles. The van der Waals surface area contributed by atoms with Crippen molar-refractivity contribution >= 4 is 11.9 Å². The average Bonchev–Trinajstić information content (AvgIpc) is 2.72. The van der Waals surface area contributed by atoms with Gasteiger partial charge in [0.1, 0.15) is 18.0 Å². The lowest BCUT2D eigenvalue weighted by atomic mass is 10.1. The van der Waals surface area contributed by atoms with E-state index in [9.17, 15) is 9.59 Å². The van der Waals surface area contributed by atoms with Crippen molar-refractivity contribution in [2.24, 2.45) is 5.73 Å². The van der Waals surface area contributed by atoms with Crippen molar-refractivity contribution in [3.8, 4) is 11.5 Å². The molecule has 1 aromatic rings. The Balaban J connectivity index is 2.19. The first-order chi connectivity index (χ1) is 9.97. The number of likely N-dealkylation sites (N-methyl/N-ethyl adjacent to an activating group) is 1. The molecular weight excluding hydrogens is 274 g/mol. The van der Waals surface area contributed by atoms with Gasteiger partial charge in [-0.1, -0.05) is 6.07 Å². The first-order valence-corrected chi connectivity index (χ1v) is 6.51. The Morgan fingerprint density at radius 1 is 1.29 bits per heavy atom. The number of nitrogens with zero attached hydrogens (tertiary/aromatic N) is 2. The highest BCUT2D eigenvalue weighted by Crippen LogP contribution is 2.29. The van der Waals surface area contributed by atoms with Crippen molar-refractivity contribution in [2.75, 3.05) is 34.4 Å². The molecule has 1 aliphatic rings. The summed E-state index contributed by atoms with van der Waals surface area (Å²) in [6.45, 7) is 0.204. The summed E-state index contributed by atoms with van der Waals surface area (Å²) in [5, 5.41) is 0. The number of benzene rings is 1. The minimum absolute atomic E-state index is 0.0886. The van der Waals surface area contributed by atoms with Crippen molar-refractivity contribution in [1.29, 1.82) is 0 Å². The molecule has 0 saturated carbocycles. The van der Waals surface area contributed by atoms with Crippen LogP contribution < -0.4 is 15.2 Å². The van der Waals surface area contributed by atoms with Gasteiger partial charge in [0, 0.05) is 25.2 Å². The van der Waals surface area contributed by atoms with Crippen LogP contribution in [0.15, 0.2) is 18.2 Å². The van der Waals surface area contributed by atoms with Crippen molar-refractivity contribution in [3.63, 3.8) is 0 Å². The number of methoxy groups -OCH3 is 2. The molecule has 1 aliphatic heterocycles. The van der Waals surface area contributed by atoms with E-state index in [1.165, 1.54) is 12.0 Å². The summed E-state index contributed by atoms with van der Waals surface area (Å²) in [5.41, 5.74) is 6.84. The monoisotopic (exact) mass is 293 g/mol. The number of imide groups is 1. The van der Waals surface area contributed by atoms with E-state index in [4.69, 9.17) is 15.2 Å². The predicted octanol–water partition coefficient (Wildman–Crippen LogP) is 0.598. The second-order valence-electron chi connectivity index (χ2n) is 4.86. The van der Waals surface area contributed by atoms with E-state index in [0.717, 1.165) is 4.90 Å². The van der Waals surface area contributed by atoms with Gasteiger partial charge in [0.25, 0.3) is 0 Å². The van der Waals surface area contributed by atoms with Crippen molar-refractivity contribution < 1.29 is 19.1 Å². The van der Waals surface area contributed by atoms with Crippen LogP contribution in [0.3, 0.4) is 0 Å². The Morgan fingerprint density at radius 2 is 2.00 bits per heavy atom. The molecule has 1 fully saturated rings. The number of nitrogens with two attached hydrogens (primary N) is 1. The number of rotatable bonds is 5. The van der Waals surface area contributed by atoms with Crippen molar-refractivity contribution in [1.82, 2.24) is 9.80 Å². The largest absolute Gasteiger partial charge is 0.497 e. The molecular formula is C14H19N3O4. The third kappa shape index (κ3) is 2.92. The van der Waals surface area contributed by atoms with E-state index in [0.29, 0.717) is 17.1 Å². The molecule has 1 saturated heterocycles. The van der Waals surface area contributed by atoms with Gasteiger partial charge in [0.15, 0.2) is 0 Å². The zero-order chi connectivity index (χ0) is 15.6. The molecule has 7 heteroatoms. The normalized spacial score (nSPS) is 16.4. The molecule has 21 heavy (non-hydrogen) atoms. The maximum Gasteiger partial charge on any atom is 0.327 e. The van der Waals surface area contributed by atoms with Gasteiger partial charge in [0.05, 0.1) is 20.3 Å². The summed E-state index contributed by atoms with van der Waals surface area (Å²) < 4.78 is 10.4. The second-order valence-corrected chi connectivity index (χ2v) is 4.86. The van der Waals surface area contributed by atoms with Gasteiger partial charge in [0.2, 0.25) is 5.91 Å². The molecule has 1 unspecified atom stereocenters. The molecule has 0 bridgehead atoms. The highest BCUT2D eigenvalue weighted by atomic mass is 16.5. The van der Waals surface area contributed by atoms with Gasteiger partial charge in [-0.2, -0.15) is 0 Å². The number of amides is 3. The highest BCUT2D eigenvalue weighted by molar-refractivity contribution is 6.01. The maximum absolute atomic E-state index is 11.9. The van der Waals surface area contributed by atoms with E-state index in [1.54, 1.807) is 32.4 Å². The molecule has 3 amide bonds. The van der Waals surface area contributed by atoms with Crippen LogP contribution in [0, 0.1) is 0 Å². The van der Waals surface area contributed by atoms with Crippen LogP contribution in [-0.2, 0) is 4.79 Å². The third-order valence-corrected chi connectivity index (χ3v) is 3.45. The summed E-state index contributed by atoms with van der Waals surface area (Å²) in [5.74, 6) is 0.968. The number of carbonyl (C=O) groups excluding carboxylic acids is 2. The number of carbonyl (C=O) groups is 2. The van der Waals surface area contributed by atoms with Crippen LogP contribution in [0.25, 0.3) is 0 Å². The Bertz CT molecular complexity index is 561. The Labute approximate surface area is 123 Å². The van der Waals surface area contributed by atoms with E-state index >= 15 is 0 Å². The zero-order valence-electron chi connectivity index (χ0n) is 12.3. The summed E-state index contributed by atoms with van der Waals surface area (Å²) in [4.78, 5) is 26.2. The van der Waals surface area contributed by atoms with Crippen LogP contribution in [0.1, 0.15) is 11.6 Å². The predicted molar refractivity (Wildman–Crippen MR) is 76.2 cm³/mol. The topological polar surface area (TPSA) is 85.1 Å². The first-order valence-electron chi connectivity index (χ1n) is 6.51. The number of ether oxygens (including phenoxy) is 2. The fraction of sp³-hybridized carbons (Fsp3) is 0.429. The molecule has 2 rings (SSSR count). The summed E-state index contributed by atoms with van der Waals surface area (Å²) in [6.07, 6.45) is 0. The van der Waals surface area contributed by atoms with Crippen LogP contribution in [0.5, 0.6) is 11.5 Å². The number of hydrogen-bond donors (Lipinski definition) is 1. The number of urea groups is 1. The standard InChI is InChI=1S/C14H19N3O4/c1-16-8-13(18)17(14(16)19)7-11(15)10-5-4-9(20-2)6-12(10)21-3/h4-6,11H,7-8,15H2,1-3H3. The minimum atomic E-state index is -0.523. The van der Waals surface area contributed by atoms with Crippen LogP contribution >= 0.6 is 0 Å². The average molecular weight is 293 g/mol. The lowest BCUT2D eigenvalue weighted by molar-refractivity contribution is -0.125. The molecule has 1 atom stereocenters. The minimum Gasteiger partial charge on any atom is -0.497 e. The molecule has 0 aromatic heterocycles. The molecule has 0 spiro atoms. The van der Waals surface area contributed by atoms with Gasteiger partial charge in [-0.15, -0.1) is 0 Å². The summed E-state index contributed by atoms with van der Waals surface area (Å²) >= 11 is 0. The fourth-order valence-electron chi connectivity index (χ4n) is 2.27. The van der Waals surface area contributed by atoms with E-state index in [2.05, 4.69) is 0 Å².